The molecule has 0 bridgehead atoms. The number of halogens is 1. The van der Waals surface area contributed by atoms with E-state index >= 15 is 0 Å². The van der Waals surface area contributed by atoms with E-state index in [0.29, 0.717) is 6.04 Å². The molecule has 1 saturated carbocycles. The average Bonchev–Trinajstić information content (AvgIpc) is 2.25. The molecule has 0 heterocycles. The zero-order chi connectivity index (χ0) is 10.7. The van der Waals surface area contributed by atoms with Gasteiger partial charge in [0.25, 0.3) is 0 Å². The monoisotopic (exact) mass is 221 g/mol. The Balaban J connectivity index is 2.06. The number of nitrogens with two attached hydrogens (primary N) is 1. The number of hydrogen-bond acceptors (Lipinski definition) is 1. The van der Waals surface area contributed by atoms with Crippen molar-refractivity contribution in [3.8, 4) is 0 Å². The number of rotatable bonds is 1. The third-order valence-corrected chi connectivity index (χ3v) is 3.17. The third kappa shape index (κ3) is 3.08. The molecule has 0 saturated heterocycles. The van der Waals surface area contributed by atoms with Crippen molar-refractivity contribution in [3.05, 3.63) is 40.4 Å². The molecule has 1 aromatic carbocycles. The van der Waals surface area contributed by atoms with Crippen LogP contribution in [0.3, 0.4) is 0 Å². The summed E-state index contributed by atoms with van der Waals surface area (Å²) in [7, 11) is 0. The summed E-state index contributed by atoms with van der Waals surface area (Å²) in [6, 6.07) is 8.39. The van der Waals surface area contributed by atoms with Gasteiger partial charge in [0.1, 0.15) is 0 Å². The molecule has 1 nitrogen and oxygen atoms in total. The average molecular weight is 222 g/mol. The summed E-state index contributed by atoms with van der Waals surface area (Å²) in [6.45, 7) is 0. The molecule has 0 radical (unpaired) electrons. The lowest BCUT2D eigenvalue weighted by Gasteiger charge is -2.20. The van der Waals surface area contributed by atoms with Gasteiger partial charge in [0.15, 0.2) is 0 Å². The van der Waals surface area contributed by atoms with Crippen LogP contribution in [0.5, 0.6) is 0 Å². The van der Waals surface area contributed by atoms with Crippen LogP contribution in [0.4, 0.5) is 0 Å². The van der Waals surface area contributed by atoms with Crippen LogP contribution in [0.25, 0.3) is 6.08 Å². The lowest BCUT2D eigenvalue weighted by Crippen LogP contribution is -2.23. The van der Waals surface area contributed by atoms with Crippen molar-refractivity contribution in [1.29, 1.82) is 0 Å². The third-order valence-electron chi connectivity index (χ3n) is 2.91. The first-order valence-electron chi connectivity index (χ1n) is 5.44. The van der Waals surface area contributed by atoms with E-state index < -0.39 is 0 Å². The molecule has 2 rings (SSSR count). The highest BCUT2D eigenvalue weighted by Gasteiger charge is 2.11. The van der Waals surface area contributed by atoms with Crippen molar-refractivity contribution in [2.45, 2.75) is 31.7 Å². The van der Waals surface area contributed by atoms with Crippen molar-refractivity contribution in [1.82, 2.24) is 0 Å². The summed E-state index contributed by atoms with van der Waals surface area (Å²) < 4.78 is 0. The molecule has 2 N–H and O–H groups in total. The second-order valence-electron chi connectivity index (χ2n) is 4.19. The Labute approximate surface area is 95.9 Å². The van der Waals surface area contributed by atoms with E-state index in [-0.39, 0.29) is 0 Å². The van der Waals surface area contributed by atoms with Crippen LogP contribution in [-0.2, 0) is 0 Å². The summed E-state index contributed by atoms with van der Waals surface area (Å²) in [6.07, 6.45) is 6.80. The maximum atomic E-state index is 5.87. The zero-order valence-electron chi connectivity index (χ0n) is 8.75. The van der Waals surface area contributed by atoms with Crippen LogP contribution in [-0.4, -0.2) is 6.04 Å². The molecule has 15 heavy (non-hydrogen) atoms. The largest absolute Gasteiger partial charge is 0.328 e. The van der Waals surface area contributed by atoms with Gasteiger partial charge in [0.05, 0.1) is 0 Å². The first-order valence-corrected chi connectivity index (χ1v) is 5.82. The predicted molar refractivity (Wildman–Crippen MR) is 65.9 cm³/mol. The smallest absolute Gasteiger partial charge is 0.0406 e. The van der Waals surface area contributed by atoms with Gasteiger partial charge in [-0.3, -0.25) is 0 Å². The van der Waals surface area contributed by atoms with E-state index in [4.69, 9.17) is 17.3 Å². The van der Waals surface area contributed by atoms with E-state index in [9.17, 15) is 0 Å². The Hall–Kier alpha value is -0.790. The Morgan fingerprint density at radius 1 is 1.13 bits per heavy atom. The first-order chi connectivity index (χ1) is 7.24. The zero-order valence-corrected chi connectivity index (χ0v) is 9.50. The molecule has 80 valence electrons. The predicted octanol–water partition coefficient (Wildman–Crippen LogP) is 3.62. The summed E-state index contributed by atoms with van der Waals surface area (Å²) in [5, 5.41) is 0.794. The molecule has 2 heteroatoms. The molecule has 1 aliphatic rings. The minimum atomic E-state index is 0.410. The second kappa shape index (κ2) is 4.82. The van der Waals surface area contributed by atoms with Gasteiger partial charge in [-0.05, 0) is 43.4 Å². The van der Waals surface area contributed by atoms with Crippen LogP contribution in [0.15, 0.2) is 29.8 Å². The maximum absolute atomic E-state index is 5.87. The maximum Gasteiger partial charge on any atom is 0.0406 e. The van der Waals surface area contributed by atoms with Crippen LogP contribution in [0.2, 0.25) is 5.02 Å². The van der Waals surface area contributed by atoms with E-state index in [0.717, 1.165) is 30.7 Å². The molecular formula is C13H16ClN. The number of allylic oxidation sites excluding steroid dienone is 1. The van der Waals surface area contributed by atoms with Crippen LogP contribution in [0.1, 0.15) is 31.2 Å². The quantitative estimate of drug-likeness (QED) is 0.770. The Kier molecular flexibility index (Phi) is 3.45. The molecule has 1 fully saturated rings. The van der Waals surface area contributed by atoms with Crippen molar-refractivity contribution < 1.29 is 0 Å². The standard InChI is InChI=1S/C13H16ClN/c14-12-5-1-10(2-6-12)9-11-3-7-13(15)8-4-11/h1-2,5-6,9,13H,3-4,7-8,15H2. The van der Waals surface area contributed by atoms with Crippen molar-refractivity contribution in [2.24, 2.45) is 5.73 Å². The first kappa shape index (κ1) is 10.7. The van der Waals surface area contributed by atoms with Crippen molar-refractivity contribution in [3.63, 3.8) is 0 Å². The van der Waals surface area contributed by atoms with Gasteiger partial charge in [-0.1, -0.05) is 35.4 Å². The van der Waals surface area contributed by atoms with Gasteiger partial charge in [-0.25, -0.2) is 0 Å². The van der Waals surface area contributed by atoms with Gasteiger partial charge < -0.3 is 5.73 Å². The summed E-state index contributed by atoms with van der Waals surface area (Å²) in [5.41, 5.74) is 8.62. The highest BCUT2D eigenvalue weighted by Crippen LogP contribution is 2.24. The molecule has 0 aliphatic heterocycles. The van der Waals surface area contributed by atoms with Gasteiger partial charge >= 0.3 is 0 Å². The SMILES string of the molecule is NC1CCC(=Cc2ccc(Cl)cc2)CC1. The van der Waals surface area contributed by atoms with Crippen LogP contribution < -0.4 is 5.73 Å². The van der Waals surface area contributed by atoms with Gasteiger partial charge in [-0.2, -0.15) is 0 Å². The van der Waals surface area contributed by atoms with Crippen molar-refractivity contribution >= 4 is 17.7 Å². The van der Waals surface area contributed by atoms with Crippen LogP contribution in [0, 0.1) is 0 Å². The van der Waals surface area contributed by atoms with Crippen molar-refractivity contribution in [2.75, 3.05) is 0 Å². The fourth-order valence-corrected chi connectivity index (χ4v) is 2.08. The Morgan fingerprint density at radius 2 is 1.73 bits per heavy atom. The lowest BCUT2D eigenvalue weighted by molar-refractivity contribution is 0.514. The molecule has 0 unspecified atom stereocenters. The molecule has 1 aromatic rings. The van der Waals surface area contributed by atoms with E-state index in [1.54, 1.807) is 0 Å². The van der Waals surface area contributed by atoms with Gasteiger partial charge in [-0.15, -0.1) is 0 Å². The Morgan fingerprint density at radius 3 is 2.33 bits per heavy atom. The molecule has 0 amide bonds. The minimum absolute atomic E-state index is 0.410. The van der Waals surface area contributed by atoms with Crippen LogP contribution >= 0.6 is 11.6 Å². The number of hydrogen-bond donors (Lipinski definition) is 1. The molecule has 0 aromatic heterocycles. The molecular weight excluding hydrogens is 206 g/mol. The fraction of sp³-hybridized carbons (Fsp3) is 0.385. The molecule has 1 aliphatic carbocycles. The van der Waals surface area contributed by atoms with E-state index in [2.05, 4.69) is 18.2 Å². The second-order valence-corrected chi connectivity index (χ2v) is 4.63. The molecule has 0 atom stereocenters. The highest BCUT2D eigenvalue weighted by molar-refractivity contribution is 6.30. The van der Waals surface area contributed by atoms with E-state index in [1.165, 1.54) is 11.1 Å². The molecule has 0 spiro atoms. The Bertz CT molecular complexity index is 343. The highest BCUT2D eigenvalue weighted by atomic mass is 35.5. The fourth-order valence-electron chi connectivity index (χ4n) is 1.95. The normalized spacial score (nSPS) is 21.5. The summed E-state index contributed by atoms with van der Waals surface area (Å²) in [5.74, 6) is 0. The summed E-state index contributed by atoms with van der Waals surface area (Å²) in [4.78, 5) is 0. The minimum Gasteiger partial charge on any atom is -0.328 e. The van der Waals surface area contributed by atoms with Gasteiger partial charge in [0, 0.05) is 11.1 Å². The van der Waals surface area contributed by atoms with E-state index in [1.807, 2.05) is 12.1 Å². The lowest BCUT2D eigenvalue weighted by atomic mass is 9.90. The summed E-state index contributed by atoms with van der Waals surface area (Å²) >= 11 is 5.84. The van der Waals surface area contributed by atoms with Gasteiger partial charge in [0.2, 0.25) is 0 Å². The number of benzene rings is 1. The topological polar surface area (TPSA) is 26.0 Å².